The molecule has 0 aliphatic heterocycles. The van der Waals surface area contributed by atoms with Gasteiger partial charge in [-0.15, -0.1) is 0 Å². The van der Waals surface area contributed by atoms with Gasteiger partial charge in [0.25, 0.3) is 0 Å². The second kappa shape index (κ2) is 5.17. The zero-order chi connectivity index (χ0) is 12.3. The first-order valence-electron chi connectivity index (χ1n) is 6.24. The van der Waals surface area contributed by atoms with E-state index < -0.39 is 0 Å². The van der Waals surface area contributed by atoms with Crippen LogP contribution in [0.4, 0.5) is 0 Å². The molecule has 2 aromatic rings. The minimum absolute atomic E-state index is 0.724. The fourth-order valence-electron chi connectivity index (χ4n) is 1.77. The van der Waals surface area contributed by atoms with Gasteiger partial charge in [0.2, 0.25) is 0 Å². The number of hydrogen-bond donors (Lipinski definition) is 0. The Kier molecular flexibility index (Phi) is 3.62. The Balaban J connectivity index is 2.10. The van der Waals surface area contributed by atoms with E-state index in [1.165, 1.54) is 23.1 Å². The normalized spacial score (nSPS) is 11.1. The Labute approximate surface area is 103 Å². The maximum Gasteiger partial charge on any atom is 0.0568 e. The van der Waals surface area contributed by atoms with Crippen molar-refractivity contribution in [1.29, 1.82) is 0 Å². The highest BCUT2D eigenvalue weighted by molar-refractivity contribution is 5.61. The molecule has 0 amide bonds. The van der Waals surface area contributed by atoms with E-state index in [4.69, 9.17) is 0 Å². The van der Waals surface area contributed by atoms with Crippen molar-refractivity contribution in [3.05, 3.63) is 42.2 Å². The monoisotopic (exact) mass is 228 g/mol. The number of aryl methyl sites for hydroxylation is 2. The van der Waals surface area contributed by atoms with Crippen LogP contribution >= 0.6 is 0 Å². The first-order valence-corrected chi connectivity index (χ1v) is 6.24. The van der Waals surface area contributed by atoms with Crippen LogP contribution in [-0.4, -0.2) is 9.78 Å². The molecule has 0 radical (unpaired) electrons. The Hall–Kier alpha value is -1.57. The topological polar surface area (TPSA) is 17.8 Å². The average molecular weight is 228 g/mol. The Morgan fingerprint density at radius 1 is 1.12 bits per heavy atom. The molecule has 0 spiro atoms. The third-order valence-electron chi connectivity index (χ3n) is 2.95. The van der Waals surface area contributed by atoms with Gasteiger partial charge in [-0.05, 0) is 24.8 Å². The first-order chi connectivity index (χ1) is 8.15. The third kappa shape index (κ3) is 3.19. The summed E-state index contributed by atoms with van der Waals surface area (Å²) in [6.07, 6.45) is 5.26. The molecule has 1 aromatic heterocycles. The van der Waals surface area contributed by atoms with Gasteiger partial charge in [0.15, 0.2) is 0 Å². The predicted octanol–water partition coefficient (Wildman–Crippen LogP) is 3.90. The van der Waals surface area contributed by atoms with E-state index in [2.05, 4.69) is 56.3 Å². The van der Waals surface area contributed by atoms with Gasteiger partial charge in [-0.3, -0.25) is 4.68 Å². The van der Waals surface area contributed by atoms with E-state index in [1.807, 2.05) is 10.9 Å². The van der Waals surface area contributed by atoms with Crippen molar-refractivity contribution in [2.45, 2.75) is 33.7 Å². The Morgan fingerprint density at radius 2 is 1.82 bits per heavy atom. The summed E-state index contributed by atoms with van der Waals surface area (Å²) in [5.41, 5.74) is 3.74. The fourth-order valence-corrected chi connectivity index (χ4v) is 1.77. The van der Waals surface area contributed by atoms with Crippen LogP contribution in [0.15, 0.2) is 36.7 Å². The summed E-state index contributed by atoms with van der Waals surface area (Å²) in [5.74, 6) is 0.724. The van der Waals surface area contributed by atoms with Gasteiger partial charge in [-0.25, -0.2) is 0 Å². The number of rotatable bonds is 4. The molecule has 0 bridgehead atoms. The van der Waals surface area contributed by atoms with Gasteiger partial charge in [0, 0.05) is 18.3 Å². The summed E-state index contributed by atoms with van der Waals surface area (Å²) in [7, 11) is 0. The standard InChI is InChI=1S/C15H20N2/c1-12(2)8-9-17-11-15(10-16-17)14-6-4-13(3)5-7-14/h4-7,10-12H,8-9H2,1-3H3. The van der Waals surface area contributed by atoms with Crippen LogP contribution in [0.5, 0.6) is 0 Å². The zero-order valence-electron chi connectivity index (χ0n) is 10.9. The van der Waals surface area contributed by atoms with E-state index >= 15 is 0 Å². The lowest BCUT2D eigenvalue weighted by Crippen LogP contribution is -2.01. The maximum atomic E-state index is 4.40. The lowest BCUT2D eigenvalue weighted by molar-refractivity contribution is 0.487. The summed E-state index contributed by atoms with van der Waals surface area (Å²) in [6.45, 7) is 7.59. The van der Waals surface area contributed by atoms with Crippen molar-refractivity contribution in [3.8, 4) is 11.1 Å². The molecule has 2 heteroatoms. The van der Waals surface area contributed by atoms with E-state index in [9.17, 15) is 0 Å². The summed E-state index contributed by atoms with van der Waals surface area (Å²) in [4.78, 5) is 0. The van der Waals surface area contributed by atoms with Gasteiger partial charge in [-0.1, -0.05) is 43.7 Å². The maximum absolute atomic E-state index is 4.40. The van der Waals surface area contributed by atoms with Crippen LogP contribution in [0.2, 0.25) is 0 Å². The van der Waals surface area contributed by atoms with Gasteiger partial charge in [-0.2, -0.15) is 5.10 Å². The summed E-state index contributed by atoms with van der Waals surface area (Å²) in [5, 5.41) is 4.40. The van der Waals surface area contributed by atoms with Crippen LogP contribution < -0.4 is 0 Å². The van der Waals surface area contributed by atoms with Crippen LogP contribution in [0.3, 0.4) is 0 Å². The molecular weight excluding hydrogens is 208 g/mol. The Bertz CT molecular complexity index is 466. The molecule has 0 saturated carbocycles. The lowest BCUT2D eigenvalue weighted by atomic mass is 10.1. The molecule has 1 aromatic carbocycles. The largest absolute Gasteiger partial charge is 0.272 e. The molecule has 0 unspecified atom stereocenters. The van der Waals surface area contributed by atoms with Crippen LogP contribution in [0.1, 0.15) is 25.8 Å². The smallest absolute Gasteiger partial charge is 0.0568 e. The number of hydrogen-bond acceptors (Lipinski definition) is 1. The minimum atomic E-state index is 0.724. The highest BCUT2D eigenvalue weighted by Crippen LogP contribution is 2.19. The van der Waals surface area contributed by atoms with Gasteiger partial charge in [0.1, 0.15) is 0 Å². The van der Waals surface area contributed by atoms with Crippen molar-refractivity contribution in [3.63, 3.8) is 0 Å². The van der Waals surface area contributed by atoms with Crippen molar-refractivity contribution >= 4 is 0 Å². The molecule has 17 heavy (non-hydrogen) atoms. The highest BCUT2D eigenvalue weighted by atomic mass is 15.3. The molecule has 2 rings (SSSR count). The first kappa shape index (κ1) is 11.9. The molecule has 0 saturated heterocycles. The van der Waals surface area contributed by atoms with Crippen LogP contribution in [0.25, 0.3) is 11.1 Å². The highest BCUT2D eigenvalue weighted by Gasteiger charge is 2.02. The zero-order valence-corrected chi connectivity index (χ0v) is 10.9. The Morgan fingerprint density at radius 3 is 2.47 bits per heavy atom. The minimum Gasteiger partial charge on any atom is -0.272 e. The lowest BCUT2D eigenvalue weighted by Gasteiger charge is -2.03. The molecule has 0 aliphatic rings. The molecule has 2 nitrogen and oxygen atoms in total. The molecule has 90 valence electrons. The van der Waals surface area contributed by atoms with E-state index in [1.54, 1.807) is 0 Å². The quantitative estimate of drug-likeness (QED) is 0.776. The molecule has 0 N–H and O–H groups in total. The van der Waals surface area contributed by atoms with Gasteiger partial charge >= 0.3 is 0 Å². The van der Waals surface area contributed by atoms with Crippen LogP contribution in [-0.2, 0) is 6.54 Å². The van der Waals surface area contributed by atoms with Crippen molar-refractivity contribution < 1.29 is 0 Å². The molecule has 1 heterocycles. The van der Waals surface area contributed by atoms with Crippen LogP contribution in [0, 0.1) is 12.8 Å². The summed E-state index contributed by atoms with van der Waals surface area (Å²) in [6, 6.07) is 8.58. The molecule has 0 fully saturated rings. The third-order valence-corrected chi connectivity index (χ3v) is 2.95. The fraction of sp³-hybridized carbons (Fsp3) is 0.400. The average Bonchev–Trinajstić information content (AvgIpc) is 2.76. The van der Waals surface area contributed by atoms with E-state index in [0.29, 0.717) is 0 Å². The molecular formula is C15H20N2. The van der Waals surface area contributed by atoms with Crippen molar-refractivity contribution in [1.82, 2.24) is 9.78 Å². The summed E-state index contributed by atoms with van der Waals surface area (Å²) < 4.78 is 2.04. The van der Waals surface area contributed by atoms with E-state index in [0.717, 1.165) is 12.5 Å². The number of nitrogens with zero attached hydrogens (tertiary/aromatic N) is 2. The second-order valence-electron chi connectivity index (χ2n) is 5.04. The van der Waals surface area contributed by atoms with Crippen molar-refractivity contribution in [2.75, 3.05) is 0 Å². The molecule has 0 aliphatic carbocycles. The molecule has 0 atom stereocenters. The van der Waals surface area contributed by atoms with Crippen molar-refractivity contribution in [2.24, 2.45) is 5.92 Å². The second-order valence-corrected chi connectivity index (χ2v) is 5.04. The summed E-state index contributed by atoms with van der Waals surface area (Å²) >= 11 is 0. The SMILES string of the molecule is Cc1ccc(-c2cnn(CCC(C)C)c2)cc1. The van der Waals surface area contributed by atoms with E-state index in [-0.39, 0.29) is 0 Å². The van der Waals surface area contributed by atoms with Gasteiger partial charge < -0.3 is 0 Å². The number of benzene rings is 1. The number of aromatic nitrogens is 2. The van der Waals surface area contributed by atoms with Gasteiger partial charge in [0.05, 0.1) is 6.20 Å². The predicted molar refractivity (Wildman–Crippen MR) is 71.9 cm³/mol.